The molecular weight excluding hydrogens is 218 g/mol. The van der Waals surface area contributed by atoms with Crippen LogP contribution in [-0.4, -0.2) is 36.3 Å². The number of carbonyl (C=O) groups excluding carboxylic acids is 1. The van der Waals surface area contributed by atoms with E-state index in [1.165, 1.54) is 0 Å². The van der Waals surface area contributed by atoms with Gasteiger partial charge in [-0.2, -0.15) is 0 Å². The molecule has 0 unspecified atom stereocenters. The minimum absolute atomic E-state index is 0.171. The van der Waals surface area contributed by atoms with Crippen molar-refractivity contribution in [3.05, 3.63) is 30.3 Å². The zero-order valence-corrected chi connectivity index (χ0v) is 10.1. The molecule has 0 spiro atoms. The van der Waals surface area contributed by atoms with Crippen molar-refractivity contribution < 1.29 is 14.3 Å². The normalized spacial score (nSPS) is 19.6. The number of rotatable bonds is 4. The Labute approximate surface area is 101 Å². The van der Waals surface area contributed by atoms with Crippen molar-refractivity contribution in [1.82, 2.24) is 4.90 Å². The van der Waals surface area contributed by atoms with Gasteiger partial charge in [0, 0.05) is 6.04 Å². The van der Waals surface area contributed by atoms with Gasteiger partial charge in [0.25, 0.3) is 0 Å². The molecular formula is C13H17NO3. The summed E-state index contributed by atoms with van der Waals surface area (Å²) in [7, 11) is 0. The second-order valence-corrected chi connectivity index (χ2v) is 4.38. The molecule has 1 fully saturated rings. The highest BCUT2D eigenvalue weighted by Crippen LogP contribution is 2.16. The van der Waals surface area contributed by atoms with Crippen LogP contribution in [0.5, 0.6) is 5.75 Å². The van der Waals surface area contributed by atoms with E-state index in [0.717, 1.165) is 5.75 Å². The third-order valence-electron chi connectivity index (χ3n) is 2.70. The van der Waals surface area contributed by atoms with Crippen molar-refractivity contribution in [2.24, 2.45) is 0 Å². The third kappa shape index (κ3) is 2.90. The summed E-state index contributed by atoms with van der Waals surface area (Å²) in [5, 5.41) is 0. The Hall–Kier alpha value is -1.71. The highest BCUT2D eigenvalue weighted by molar-refractivity contribution is 5.70. The molecule has 17 heavy (non-hydrogen) atoms. The van der Waals surface area contributed by atoms with Gasteiger partial charge in [0.2, 0.25) is 0 Å². The highest BCUT2D eigenvalue weighted by atomic mass is 16.6. The molecule has 1 saturated heterocycles. The fraction of sp³-hybridized carbons (Fsp3) is 0.462. The molecule has 0 N–H and O–H groups in total. The van der Waals surface area contributed by atoms with Gasteiger partial charge in [-0.25, -0.2) is 4.79 Å². The monoisotopic (exact) mass is 235 g/mol. The van der Waals surface area contributed by atoms with Crippen molar-refractivity contribution in [3.8, 4) is 5.75 Å². The van der Waals surface area contributed by atoms with Gasteiger partial charge in [-0.15, -0.1) is 0 Å². The lowest BCUT2D eigenvalue weighted by Crippen LogP contribution is -2.32. The van der Waals surface area contributed by atoms with Crippen LogP contribution in [0.1, 0.15) is 13.8 Å². The van der Waals surface area contributed by atoms with Crippen LogP contribution in [0, 0.1) is 0 Å². The lowest BCUT2D eigenvalue weighted by molar-refractivity contribution is 0.102. The molecule has 1 aliphatic rings. The van der Waals surface area contributed by atoms with E-state index in [2.05, 4.69) is 0 Å². The number of hydrogen-bond donors (Lipinski definition) is 0. The first kappa shape index (κ1) is 11.8. The zero-order chi connectivity index (χ0) is 12.3. The largest absolute Gasteiger partial charge is 0.490 e. The van der Waals surface area contributed by atoms with Gasteiger partial charge in [0.1, 0.15) is 12.4 Å². The van der Waals surface area contributed by atoms with E-state index in [1.54, 1.807) is 4.90 Å². The molecule has 0 radical (unpaired) electrons. The van der Waals surface area contributed by atoms with Crippen LogP contribution in [0.25, 0.3) is 0 Å². The maximum atomic E-state index is 11.5. The Bertz CT molecular complexity index is 378. The van der Waals surface area contributed by atoms with E-state index >= 15 is 0 Å². The first-order valence-corrected chi connectivity index (χ1v) is 5.82. The zero-order valence-electron chi connectivity index (χ0n) is 10.1. The predicted molar refractivity (Wildman–Crippen MR) is 64.0 cm³/mol. The Kier molecular flexibility index (Phi) is 3.52. The number of para-hydroxylation sites is 1. The Morgan fingerprint density at radius 3 is 2.71 bits per heavy atom. The number of benzene rings is 1. The van der Waals surface area contributed by atoms with Crippen LogP contribution in [-0.2, 0) is 4.74 Å². The molecule has 1 heterocycles. The molecule has 1 aliphatic heterocycles. The standard InChI is InChI=1S/C13H17NO3/c1-10(2)14-8-12(17-13(14)15)9-16-11-6-4-3-5-7-11/h3-7,10,12H,8-9H2,1-2H3/t12-/m0/s1. The quantitative estimate of drug-likeness (QED) is 0.803. The molecule has 4 heteroatoms. The second-order valence-electron chi connectivity index (χ2n) is 4.38. The topological polar surface area (TPSA) is 38.8 Å². The fourth-order valence-electron chi connectivity index (χ4n) is 1.76. The van der Waals surface area contributed by atoms with Gasteiger partial charge >= 0.3 is 6.09 Å². The number of carbonyl (C=O) groups is 1. The van der Waals surface area contributed by atoms with Gasteiger partial charge in [0.15, 0.2) is 6.10 Å². The number of amides is 1. The van der Waals surface area contributed by atoms with Crippen LogP contribution >= 0.6 is 0 Å². The summed E-state index contributed by atoms with van der Waals surface area (Å²) in [6, 6.07) is 9.70. The second kappa shape index (κ2) is 5.08. The molecule has 92 valence electrons. The fourth-order valence-corrected chi connectivity index (χ4v) is 1.76. The average Bonchev–Trinajstić information content (AvgIpc) is 2.69. The van der Waals surface area contributed by atoms with Gasteiger partial charge in [-0.05, 0) is 26.0 Å². The summed E-state index contributed by atoms with van der Waals surface area (Å²) in [6.07, 6.45) is -0.424. The van der Waals surface area contributed by atoms with Crippen LogP contribution < -0.4 is 4.74 Å². The molecule has 1 aromatic rings. The highest BCUT2D eigenvalue weighted by Gasteiger charge is 2.33. The minimum atomic E-state index is -0.248. The van der Waals surface area contributed by atoms with E-state index in [-0.39, 0.29) is 18.2 Å². The Morgan fingerprint density at radius 2 is 2.12 bits per heavy atom. The molecule has 1 amide bonds. The molecule has 2 rings (SSSR count). The molecule has 0 saturated carbocycles. The van der Waals surface area contributed by atoms with E-state index in [4.69, 9.17) is 9.47 Å². The van der Waals surface area contributed by atoms with E-state index in [9.17, 15) is 4.79 Å². The first-order valence-electron chi connectivity index (χ1n) is 5.82. The van der Waals surface area contributed by atoms with E-state index < -0.39 is 0 Å². The van der Waals surface area contributed by atoms with Crippen molar-refractivity contribution in [2.75, 3.05) is 13.2 Å². The third-order valence-corrected chi connectivity index (χ3v) is 2.70. The first-order chi connectivity index (χ1) is 8.16. The maximum Gasteiger partial charge on any atom is 0.410 e. The maximum absolute atomic E-state index is 11.5. The Balaban J connectivity index is 1.84. The number of hydrogen-bond acceptors (Lipinski definition) is 3. The molecule has 0 aromatic heterocycles. The summed E-state index contributed by atoms with van der Waals surface area (Å²) < 4.78 is 10.8. The molecule has 0 aliphatic carbocycles. The van der Waals surface area contributed by atoms with Gasteiger partial charge in [0.05, 0.1) is 6.54 Å². The van der Waals surface area contributed by atoms with Crippen LogP contribution in [0.4, 0.5) is 4.79 Å². The van der Waals surface area contributed by atoms with Gasteiger partial charge in [-0.3, -0.25) is 0 Å². The summed E-state index contributed by atoms with van der Waals surface area (Å²) in [5.74, 6) is 0.798. The molecule has 1 atom stereocenters. The van der Waals surface area contributed by atoms with E-state index in [1.807, 2.05) is 44.2 Å². The van der Waals surface area contributed by atoms with Crippen molar-refractivity contribution in [1.29, 1.82) is 0 Å². The number of nitrogens with zero attached hydrogens (tertiary/aromatic N) is 1. The molecule has 1 aromatic carbocycles. The summed E-state index contributed by atoms with van der Waals surface area (Å²) in [6.45, 7) is 4.95. The van der Waals surface area contributed by atoms with Crippen molar-refractivity contribution in [3.63, 3.8) is 0 Å². The average molecular weight is 235 g/mol. The number of cyclic esters (lactones) is 1. The SMILES string of the molecule is CC(C)N1C[C@@H](COc2ccccc2)OC1=O. The van der Waals surface area contributed by atoms with Gasteiger partial charge in [-0.1, -0.05) is 18.2 Å². The molecule has 0 bridgehead atoms. The Morgan fingerprint density at radius 1 is 1.41 bits per heavy atom. The number of ether oxygens (including phenoxy) is 2. The lowest BCUT2D eigenvalue weighted by atomic mass is 10.3. The lowest BCUT2D eigenvalue weighted by Gasteiger charge is -2.16. The minimum Gasteiger partial charge on any atom is -0.490 e. The van der Waals surface area contributed by atoms with E-state index in [0.29, 0.717) is 13.2 Å². The summed E-state index contributed by atoms with van der Waals surface area (Å²) in [4.78, 5) is 13.2. The smallest absolute Gasteiger partial charge is 0.410 e. The summed E-state index contributed by atoms with van der Waals surface area (Å²) >= 11 is 0. The van der Waals surface area contributed by atoms with Gasteiger partial charge < -0.3 is 14.4 Å². The van der Waals surface area contributed by atoms with Crippen LogP contribution in [0.2, 0.25) is 0 Å². The molecule has 4 nitrogen and oxygen atoms in total. The predicted octanol–water partition coefficient (Wildman–Crippen LogP) is 2.29. The van der Waals surface area contributed by atoms with Crippen LogP contribution in [0.3, 0.4) is 0 Å². The van der Waals surface area contributed by atoms with Crippen molar-refractivity contribution >= 4 is 6.09 Å². The summed E-state index contributed by atoms with van der Waals surface area (Å²) in [5.41, 5.74) is 0. The van der Waals surface area contributed by atoms with Crippen molar-refractivity contribution in [2.45, 2.75) is 26.0 Å². The van der Waals surface area contributed by atoms with Crippen LogP contribution in [0.15, 0.2) is 30.3 Å².